The quantitative estimate of drug-likeness (QED) is 0.802. The van der Waals surface area contributed by atoms with Crippen LogP contribution in [0.1, 0.15) is 44.9 Å². The highest BCUT2D eigenvalue weighted by Gasteiger charge is 2.22. The number of carbonyl (C=O) groups is 1. The number of carbonyl (C=O) groups excluding carboxylic acids is 1. The van der Waals surface area contributed by atoms with E-state index in [0.29, 0.717) is 17.3 Å². The van der Waals surface area contributed by atoms with E-state index in [1.807, 2.05) is 11.8 Å². The van der Waals surface area contributed by atoms with Gasteiger partial charge in [0.25, 0.3) is 0 Å². The molecule has 0 aromatic rings. The van der Waals surface area contributed by atoms with E-state index in [4.69, 9.17) is 11.6 Å². The first-order valence-corrected chi connectivity index (χ1v) is 8.34. The topological polar surface area (TPSA) is 29.1 Å². The van der Waals surface area contributed by atoms with Gasteiger partial charge in [-0.2, -0.15) is 11.8 Å². The van der Waals surface area contributed by atoms with Crippen LogP contribution in [-0.4, -0.2) is 28.8 Å². The van der Waals surface area contributed by atoms with Gasteiger partial charge in [-0.15, -0.1) is 11.6 Å². The van der Waals surface area contributed by atoms with Crippen LogP contribution in [0.4, 0.5) is 0 Å². The van der Waals surface area contributed by atoms with Crippen LogP contribution in [0.25, 0.3) is 0 Å². The first-order valence-electron chi connectivity index (χ1n) is 6.75. The molecule has 1 N–H and O–H groups in total. The molecule has 2 fully saturated rings. The molecule has 0 aromatic heterocycles. The second kappa shape index (κ2) is 6.89. The minimum Gasteiger partial charge on any atom is -0.353 e. The SMILES string of the molecule is O=C(CC1CCSCC1)NC1CCC(Cl)CC1. The zero-order chi connectivity index (χ0) is 12.1. The number of nitrogens with one attached hydrogen (secondary N) is 1. The van der Waals surface area contributed by atoms with Crippen LogP contribution in [0.3, 0.4) is 0 Å². The Balaban J connectivity index is 1.66. The molecule has 4 heteroatoms. The molecular formula is C13H22ClNOS. The van der Waals surface area contributed by atoms with E-state index >= 15 is 0 Å². The van der Waals surface area contributed by atoms with Crippen LogP contribution in [-0.2, 0) is 4.79 Å². The molecule has 17 heavy (non-hydrogen) atoms. The van der Waals surface area contributed by atoms with Crippen molar-refractivity contribution in [3.63, 3.8) is 0 Å². The number of halogens is 1. The monoisotopic (exact) mass is 275 g/mol. The molecule has 0 spiro atoms. The van der Waals surface area contributed by atoms with E-state index in [9.17, 15) is 4.79 Å². The highest BCUT2D eigenvalue weighted by atomic mass is 35.5. The van der Waals surface area contributed by atoms with Gasteiger partial charge >= 0.3 is 0 Å². The van der Waals surface area contributed by atoms with Crippen LogP contribution in [0.15, 0.2) is 0 Å². The number of rotatable bonds is 3. The van der Waals surface area contributed by atoms with Crippen LogP contribution >= 0.6 is 23.4 Å². The molecule has 0 atom stereocenters. The number of thioether (sulfide) groups is 1. The Morgan fingerprint density at radius 1 is 1.12 bits per heavy atom. The van der Waals surface area contributed by atoms with Crippen molar-refractivity contribution in [3.05, 3.63) is 0 Å². The summed E-state index contributed by atoms with van der Waals surface area (Å²) in [5.41, 5.74) is 0. The van der Waals surface area contributed by atoms with Gasteiger partial charge in [0.15, 0.2) is 0 Å². The van der Waals surface area contributed by atoms with Crippen molar-refractivity contribution in [2.45, 2.75) is 56.4 Å². The molecule has 2 rings (SSSR count). The van der Waals surface area contributed by atoms with Crippen molar-refractivity contribution in [3.8, 4) is 0 Å². The minimum absolute atomic E-state index is 0.264. The van der Waals surface area contributed by atoms with Gasteiger partial charge in [-0.25, -0.2) is 0 Å². The fraction of sp³-hybridized carbons (Fsp3) is 0.923. The molecule has 0 unspecified atom stereocenters. The third-order valence-electron chi connectivity index (χ3n) is 3.84. The molecular weight excluding hydrogens is 254 g/mol. The highest BCUT2D eigenvalue weighted by Crippen LogP contribution is 2.26. The average Bonchev–Trinajstić information content (AvgIpc) is 2.33. The maximum Gasteiger partial charge on any atom is 0.220 e. The Morgan fingerprint density at radius 3 is 2.41 bits per heavy atom. The van der Waals surface area contributed by atoms with Crippen molar-refractivity contribution in [2.24, 2.45) is 5.92 Å². The van der Waals surface area contributed by atoms with Gasteiger partial charge in [-0.1, -0.05) is 0 Å². The Bertz CT molecular complexity index is 248. The Kier molecular flexibility index (Phi) is 5.49. The van der Waals surface area contributed by atoms with Crippen molar-refractivity contribution in [2.75, 3.05) is 11.5 Å². The molecule has 1 amide bonds. The second-order valence-electron chi connectivity index (χ2n) is 5.28. The molecule has 1 heterocycles. The Morgan fingerprint density at radius 2 is 1.76 bits per heavy atom. The average molecular weight is 276 g/mol. The summed E-state index contributed by atoms with van der Waals surface area (Å²) in [7, 11) is 0. The van der Waals surface area contributed by atoms with Crippen molar-refractivity contribution >= 4 is 29.3 Å². The van der Waals surface area contributed by atoms with Crippen LogP contribution in [0.5, 0.6) is 0 Å². The first kappa shape index (κ1) is 13.5. The van der Waals surface area contributed by atoms with Crippen LogP contribution < -0.4 is 5.32 Å². The van der Waals surface area contributed by atoms with E-state index in [0.717, 1.165) is 32.1 Å². The van der Waals surface area contributed by atoms with E-state index in [2.05, 4.69) is 5.32 Å². The summed E-state index contributed by atoms with van der Waals surface area (Å²) in [6.45, 7) is 0. The molecule has 1 aliphatic carbocycles. The molecule has 2 aliphatic rings. The van der Waals surface area contributed by atoms with Gasteiger partial charge in [0, 0.05) is 17.8 Å². The summed E-state index contributed by atoms with van der Waals surface area (Å²) < 4.78 is 0. The van der Waals surface area contributed by atoms with Gasteiger partial charge in [0.2, 0.25) is 5.91 Å². The predicted molar refractivity (Wildman–Crippen MR) is 74.7 cm³/mol. The molecule has 98 valence electrons. The summed E-state index contributed by atoms with van der Waals surface area (Å²) >= 11 is 8.07. The fourth-order valence-corrected chi connectivity index (χ4v) is 4.15. The largest absolute Gasteiger partial charge is 0.353 e. The molecule has 2 nitrogen and oxygen atoms in total. The lowest BCUT2D eigenvalue weighted by Crippen LogP contribution is -2.38. The van der Waals surface area contributed by atoms with Crippen LogP contribution in [0, 0.1) is 5.92 Å². The maximum absolute atomic E-state index is 11.9. The zero-order valence-corrected chi connectivity index (χ0v) is 11.9. The van der Waals surface area contributed by atoms with E-state index in [1.54, 1.807) is 0 Å². The molecule has 0 radical (unpaired) electrons. The van der Waals surface area contributed by atoms with Crippen molar-refractivity contribution < 1.29 is 4.79 Å². The standard InChI is InChI=1S/C13H22ClNOS/c14-11-1-3-12(4-2-11)15-13(16)9-10-5-7-17-8-6-10/h10-12H,1-9H2,(H,15,16). The molecule has 1 saturated heterocycles. The fourth-order valence-electron chi connectivity index (χ4n) is 2.70. The third kappa shape index (κ3) is 4.70. The lowest BCUT2D eigenvalue weighted by atomic mass is 9.94. The summed E-state index contributed by atoms with van der Waals surface area (Å²) in [6.07, 6.45) is 7.38. The number of hydrogen-bond donors (Lipinski definition) is 1. The maximum atomic E-state index is 11.9. The number of amides is 1. The van der Waals surface area contributed by atoms with E-state index in [1.165, 1.54) is 24.3 Å². The predicted octanol–water partition coefficient (Wildman–Crippen LogP) is 3.19. The summed E-state index contributed by atoms with van der Waals surface area (Å²) in [4.78, 5) is 11.9. The second-order valence-corrected chi connectivity index (χ2v) is 7.12. The van der Waals surface area contributed by atoms with Crippen molar-refractivity contribution in [1.82, 2.24) is 5.32 Å². The van der Waals surface area contributed by atoms with Gasteiger partial charge in [0.1, 0.15) is 0 Å². The Labute approximate surface area is 113 Å². The highest BCUT2D eigenvalue weighted by molar-refractivity contribution is 7.99. The van der Waals surface area contributed by atoms with Gasteiger partial charge < -0.3 is 5.32 Å². The molecule has 0 bridgehead atoms. The normalized spacial score (nSPS) is 31.1. The summed E-state index contributed by atoms with van der Waals surface area (Å²) in [5, 5.41) is 3.51. The smallest absolute Gasteiger partial charge is 0.220 e. The van der Waals surface area contributed by atoms with E-state index < -0.39 is 0 Å². The minimum atomic E-state index is 0.264. The number of alkyl halides is 1. The van der Waals surface area contributed by atoms with Gasteiger partial charge in [0.05, 0.1) is 0 Å². The van der Waals surface area contributed by atoms with E-state index in [-0.39, 0.29) is 5.91 Å². The lowest BCUT2D eigenvalue weighted by molar-refractivity contribution is -0.123. The third-order valence-corrected chi connectivity index (χ3v) is 5.32. The lowest BCUT2D eigenvalue weighted by Gasteiger charge is -2.27. The molecule has 1 saturated carbocycles. The van der Waals surface area contributed by atoms with Gasteiger partial charge in [-0.3, -0.25) is 4.79 Å². The molecule has 1 aliphatic heterocycles. The first-order chi connectivity index (χ1) is 8.24. The zero-order valence-electron chi connectivity index (χ0n) is 10.3. The summed E-state index contributed by atoms with van der Waals surface area (Å²) in [5.74, 6) is 3.35. The molecule has 0 aromatic carbocycles. The van der Waals surface area contributed by atoms with Gasteiger partial charge in [-0.05, 0) is 55.9 Å². The summed E-state index contributed by atoms with van der Waals surface area (Å²) in [6, 6.07) is 0.385. The number of hydrogen-bond acceptors (Lipinski definition) is 2. The van der Waals surface area contributed by atoms with Crippen LogP contribution in [0.2, 0.25) is 0 Å². The van der Waals surface area contributed by atoms with Crippen molar-refractivity contribution in [1.29, 1.82) is 0 Å². The Hall–Kier alpha value is 0.110.